The summed E-state index contributed by atoms with van der Waals surface area (Å²) < 4.78 is 19.9. The minimum absolute atomic E-state index is 0.0228. The summed E-state index contributed by atoms with van der Waals surface area (Å²) in [5.41, 5.74) is 6.71. The van der Waals surface area contributed by atoms with Crippen molar-refractivity contribution in [2.45, 2.75) is 26.4 Å². The number of hydrogen-bond donors (Lipinski definition) is 0. The Labute approximate surface area is 141 Å². The van der Waals surface area contributed by atoms with Crippen LogP contribution in [0.15, 0.2) is 60.7 Å². The van der Waals surface area contributed by atoms with Crippen molar-refractivity contribution in [3.05, 3.63) is 88.7 Å². The summed E-state index contributed by atoms with van der Waals surface area (Å²) in [5, 5.41) is 0. The Hall–Kier alpha value is -2.61. The maximum atomic E-state index is 13.6. The van der Waals surface area contributed by atoms with Crippen LogP contribution in [0.5, 0.6) is 5.75 Å². The summed E-state index contributed by atoms with van der Waals surface area (Å²) in [5.74, 6) is 0.656. The van der Waals surface area contributed by atoms with E-state index in [0.29, 0.717) is 0 Å². The molecule has 1 aliphatic rings. The van der Waals surface area contributed by atoms with Crippen molar-refractivity contribution >= 4 is 0 Å². The molecule has 3 aromatic carbocycles. The molecule has 0 N–H and O–H groups in total. The summed E-state index contributed by atoms with van der Waals surface area (Å²) in [6.07, 6.45) is 0.873. The third-order valence-corrected chi connectivity index (χ3v) is 4.68. The summed E-state index contributed by atoms with van der Waals surface area (Å²) in [6.45, 7) is 4.22. The molecule has 24 heavy (non-hydrogen) atoms. The Kier molecular flexibility index (Phi) is 3.61. The van der Waals surface area contributed by atoms with Gasteiger partial charge in [0, 0.05) is 12.0 Å². The van der Waals surface area contributed by atoms with E-state index in [4.69, 9.17) is 4.74 Å². The van der Waals surface area contributed by atoms with Crippen LogP contribution in [-0.4, -0.2) is 0 Å². The first-order valence-electron chi connectivity index (χ1n) is 8.23. The van der Waals surface area contributed by atoms with Crippen LogP contribution in [0.4, 0.5) is 4.39 Å². The molecule has 1 heterocycles. The topological polar surface area (TPSA) is 9.23 Å². The Morgan fingerprint density at radius 3 is 2.62 bits per heavy atom. The van der Waals surface area contributed by atoms with E-state index in [1.54, 1.807) is 12.1 Å². The van der Waals surface area contributed by atoms with Crippen LogP contribution in [0.1, 0.15) is 28.4 Å². The molecule has 4 rings (SSSR count). The summed E-state index contributed by atoms with van der Waals surface area (Å²) >= 11 is 0. The number of hydrogen-bond acceptors (Lipinski definition) is 1. The molecule has 0 spiro atoms. The SMILES string of the molecule is Cc1ccc(C)c(C2Cc3cccc(-c4cccc(F)c4)c3O2)c1. The number of fused-ring (bicyclic) bond motifs is 1. The predicted octanol–water partition coefficient (Wildman–Crippen LogP) is 5.79. The predicted molar refractivity (Wildman–Crippen MR) is 94.8 cm³/mol. The molecular formula is C22H19FO. The molecule has 0 aromatic heterocycles. The number of rotatable bonds is 2. The lowest BCUT2D eigenvalue weighted by Crippen LogP contribution is -2.05. The molecule has 3 aromatic rings. The molecular weight excluding hydrogens is 299 g/mol. The van der Waals surface area contributed by atoms with Crippen LogP contribution in [0.3, 0.4) is 0 Å². The van der Waals surface area contributed by atoms with Gasteiger partial charge in [-0.3, -0.25) is 0 Å². The van der Waals surface area contributed by atoms with E-state index in [0.717, 1.165) is 23.3 Å². The highest BCUT2D eigenvalue weighted by molar-refractivity contribution is 5.73. The fraction of sp³-hybridized carbons (Fsp3) is 0.182. The molecule has 2 heteroatoms. The molecule has 1 nitrogen and oxygen atoms in total. The van der Waals surface area contributed by atoms with Crippen LogP contribution in [0.2, 0.25) is 0 Å². The molecule has 0 saturated heterocycles. The smallest absolute Gasteiger partial charge is 0.131 e. The average Bonchev–Trinajstić information content (AvgIpc) is 3.01. The van der Waals surface area contributed by atoms with Gasteiger partial charge >= 0.3 is 0 Å². The van der Waals surface area contributed by atoms with Crippen molar-refractivity contribution in [3.8, 4) is 16.9 Å². The highest BCUT2D eigenvalue weighted by atomic mass is 19.1. The van der Waals surface area contributed by atoms with Gasteiger partial charge in [-0.05, 0) is 48.2 Å². The van der Waals surface area contributed by atoms with Crippen molar-refractivity contribution in [1.29, 1.82) is 0 Å². The van der Waals surface area contributed by atoms with Gasteiger partial charge in [0.1, 0.15) is 17.7 Å². The van der Waals surface area contributed by atoms with Crippen LogP contribution < -0.4 is 4.74 Å². The monoisotopic (exact) mass is 318 g/mol. The highest BCUT2D eigenvalue weighted by Gasteiger charge is 2.28. The van der Waals surface area contributed by atoms with E-state index in [1.807, 2.05) is 18.2 Å². The molecule has 0 aliphatic carbocycles. The van der Waals surface area contributed by atoms with Gasteiger partial charge in [-0.25, -0.2) is 4.39 Å². The molecule has 0 amide bonds. The number of halogens is 1. The van der Waals surface area contributed by atoms with E-state index in [-0.39, 0.29) is 11.9 Å². The quantitative estimate of drug-likeness (QED) is 0.581. The third kappa shape index (κ3) is 2.58. The Balaban J connectivity index is 1.75. The Morgan fingerprint density at radius 1 is 0.958 bits per heavy atom. The number of benzene rings is 3. The van der Waals surface area contributed by atoms with Gasteiger partial charge in [-0.2, -0.15) is 0 Å². The fourth-order valence-electron chi connectivity index (χ4n) is 3.43. The standard InChI is InChI=1S/C22H19FO/c1-14-9-10-15(2)20(11-14)21-13-17-6-4-8-19(22(17)24-21)16-5-3-7-18(23)12-16/h3-12,21H,13H2,1-2H3. The minimum atomic E-state index is -0.228. The summed E-state index contributed by atoms with van der Waals surface area (Å²) in [7, 11) is 0. The Morgan fingerprint density at radius 2 is 1.79 bits per heavy atom. The van der Waals surface area contributed by atoms with Crippen LogP contribution in [0.25, 0.3) is 11.1 Å². The van der Waals surface area contributed by atoms with E-state index in [9.17, 15) is 4.39 Å². The molecule has 0 radical (unpaired) electrons. The van der Waals surface area contributed by atoms with Crippen molar-refractivity contribution in [2.24, 2.45) is 0 Å². The fourth-order valence-corrected chi connectivity index (χ4v) is 3.43. The zero-order chi connectivity index (χ0) is 16.7. The van der Waals surface area contributed by atoms with E-state index >= 15 is 0 Å². The lowest BCUT2D eigenvalue weighted by molar-refractivity contribution is 0.238. The molecule has 120 valence electrons. The maximum Gasteiger partial charge on any atom is 0.131 e. The zero-order valence-corrected chi connectivity index (χ0v) is 13.8. The van der Waals surface area contributed by atoms with Gasteiger partial charge in [-0.1, -0.05) is 54.1 Å². The van der Waals surface area contributed by atoms with Crippen molar-refractivity contribution in [2.75, 3.05) is 0 Å². The Bertz CT molecular complexity index is 914. The van der Waals surface area contributed by atoms with Crippen LogP contribution in [0, 0.1) is 19.7 Å². The molecule has 0 saturated carbocycles. The first-order valence-corrected chi connectivity index (χ1v) is 8.23. The number of aryl methyl sites for hydroxylation is 2. The molecule has 1 unspecified atom stereocenters. The maximum absolute atomic E-state index is 13.6. The van der Waals surface area contributed by atoms with E-state index in [1.165, 1.54) is 28.3 Å². The molecule has 1 atom stereocenters. The molecule has 0 fully saturated rings. The summed E-state index contributed by atoms with van der Waals surface area (Å²) in [4.78, 5) is 0. The van der Waals surface area contributed by atoms with Gasteiger partial charge in [0.2, 0.25) is 0 Å². The van der Waals surface area contributed by atoms with Gasteiger partial charge in [0.25, 0.3) is 0 Å². The lowest BCUT2D eigenvalue weighted by atomic mass is 9.96. The van der Waals surface area contributed by atoms with Gasteiger partial charge < -0.3 is 4.74 Å². The molecule has 0 bridgehead atoms. The second kappa shape index (κ2) is 5.79. The third-order valence-electron chi connectivity index (χ3n) is 4.68. The number of para-hydroxylation sites is 1. The van der Waals surface area contributed by atoms with Gasteiger partial charge in [0.05, 0.1) is 0 Å². The highest BCUT2D eigenvalue weighted by Crippen LogP contribution is 2.43. The van der Waals surface area contributed by atoms with Crippen molar-refractivity contribution < 1.29 is 9.13 Å². The van der Waals surface area contributed by atoms with Crippen LogP contribution in [-0.2, 0) is 6.42 Å². The first-order chi connectivity index (χ1) is 11.6. The second-order valence-corrected chi connectivity index (χ2v) is 6.47. The normalized spacial score (nSPS) is 15.9. The second-order valence-electron chi connectivity index (χ2n) is 6.47. The largest absolute Gasteiger partial charge is 0.484 e. The van der Waals surface area contributed by atoms with Crippen molar-refractivity contribution in [1.82, 2.24) is 0 Å². The average molecular weight is 318 g/mol. The van der Waals surface area contributed by atoms with Gasteiger partial charge in [0.15, 0.2) is 0 Å². The zero-order valence-electron chi connectivity index (χ0n) is 13.8. The first kappa shape index (κ1) is 14.9. The van der Waals surface area contributed by atoms with Crippen molar-refractivity contribution in [3.63, 3.8) is 0 Å². The summed E-state index contributed by atoms with van der Waals surface area (Å²) in [6, 6.07) is 19.3. The number of ether oxygens (including phenoxy) is 1. The lowest BCUT2D eigenvalue weighted by Gasteiger charge is -2.16. The van der Waals surface area contributed by atoms with E-state index in [2.05, 4.69) is 38.1 Å². The van der Waals surface area contributed by atoms with Crippen LogP contribution >= 0.6 is 0 Å². The van der Waals surface area contributed by atoms with Gasteiger partial charge in [-0.15, -0.1) is 0 Å². The minimum Gasteiger partial charge on any atom is -0.484 e. The molecule has 1 aliphatic heterocycles. The van der Waals surface area contributed by atoms with E-state index < -0.39 is 0 Å².